The molecule has 6 nitrogen and oxygen atoms in total. The van der Waals surface area contributed by atoms with Crippen LogP contribution in [-0.4, -0.2) is 50.6 Å². The van der Waals surface area contributed by atoms with Crippen LogP contribution in [0.3, 0.4) is 0 Å². The zero-order valence-electron chi connectivity index (χ0n) is 16.6. The molecule has 0 radical (unpaired) electrons. The molecule has 1 atom stereocenters. The lowest BCUT2D eigenvalue weighted by Gasteiger charge is -2.41. The van der Waals surface area contributed by atoms with Gasteiger partial charge in [-0.1, -0.05) is 0 Å². The number of ketones is 1. The van der Waals surface area contributed by atoms with Crippen molar-refractivity contribution in [3.8, 4) is 0 Å². The van der Waals surface area contributed by atoms with Gasteiger partial charge in [-0.25, -0.2) is 0 Å². The number of hydrogen-bond acceptors (Lipinski definition) is 5. The van der Waals surface area contributed by atoms with Crippen LogP contribution in [-0.2, 0) is 21.9 Å². The Bertz CT molecular complexity index is 455. The summed E-state index contributed by atoms with van der Waals surface area (Å²) in [6, 6.07) is 0.177. The van der Waals surface area contributed by atoms with Crippen molar-refractivity contribution in [2.45, 2.75) is 77.8 Å². The highest BCUT2D eigenvalue weighted by Gasteiger charge is 2.45. The SMILES string of the molecule is C[Si](C)(C)O[Si](C)(C)O[Si](C)(CC(=O)CCC(=O)O)O[Si](C)(C)C. The van der Waals surface area contributed by atoms with Gasteiger partial charge < -0.3 is 17.5 Å². The van der Waals surface area contributed by atoms with E-state index in [1.807, 2.05) is 19.6 Å². The predicted molar refractivity (Wildman–Crippen MR) is 106 cm³/mol. The lowest BCUT2D eigenvalue weighted by Crippen LogP contribution is -2.57. The summed E-state index contributed by atoms with van der Waals surface area (Å²) in [6.45, 7) is 18.4. The van der Waals surface area contributed by atoms with Gasteiger partial charge in [-0.3, -0.25) is 9.59 Å². The average Bonchev–Trinajstić information content (AvgIpc) is 2.17. The fourth-order valence-corrected chi connectivity index (χ4v) is 20.5. The number of hydrogen-bond donors (Lipinski definition) is 1. The Morgan fingerprint density at radius 2 is 1.21 bits per heavy atom. The van der Waals surface area contributed by atoms with Crippen molar-refractivity contribution in [1.29, 1.82) is 0 Å². The van der Waals surface area contributed by atoms with Crippen molar-refractivity contribution in [1.82, 2.24) is 0 Å². The second-order valence-corrected chi connectivity index (χ2v) is 25.0. The van der Waals surface area contributed by atoms with E-state index in [1.165, 1.54) is 0 Å². The number of rotatable bonds is 11. The molecule has 0 aromatic heterocycles. The number of carboxylic acid groups (broad SMARTS) is 1. The molecule has 0 aromatic carbocycles. The van der Waals surface area contributed by atoms with Crippen LogP contribution in [0.5, 0.6) is 0 Å². The summed E-state index contributed by atoms with van der Waals surface area (Å²) in [5.74, 6) is -1.07. The lowest BCUT2D eigenvalue weighted by atomic mass is 10.2. The molecular weight excluding hydrogens is 376 g/mol. The van der Waals surface area contributed by atoms with Crippen LogP contribution in [0.1, 0.15) is 12.8 Å². The standard InChI is InChI=1S/C14H34O6Si4/c1-21(2,3)18-23(7,8)20-24(9,19-22(4,5)6)12-13(15)10-11-14(16)17/h10-12H2,1-9H3,(H,16,17). The van der Waals surface area contributed by atoms with Crippen molar-refractivity contribution >= 4 is 45.5 Å². The number of Topliss-reactive ketones (excluding diaryl/α,β-unsaturated/α-hetero) is 1. The Balaban J connectivity index is 5.20. The summed E-state index contributed by atoms with van der Waals surface area (Å²) in [5, 5.41) is 8.76. The van der Waals surface area contributed by atoms with E-state index in [-0.39, 0.29) is 24.7 Å². The van der Waals surface area contributed by atoms with Crippen molar-refractivity contribution < 1.29 is 27.0 Å². The molecule has 0 aromatic rings. The maximum absolute atomic E-state index is 12.2. The van der Waals surface area contributed by atoms with E-state index in [1.54, 1.807) is 0 Å². The summed E-state index contributed by atoms with van der Waals surface area (Å²) in [5.41, 5.74) is 0. The smallest absolute Gasteiger partial charge is 0.323 e. The zero-order chi connectivity index (χ0) is 19.4. The van der Waals surface area contributed by atoms with Gasteiger partial charge in [0.25, 0.3) is 0 Å². The Labute approximate surface area is 150 Å². The molecule has 0 rings (SSSR count). The first kappa shape index (κ1) is 23.9. The van der Waals surface area contributed by atoms with Gasteiger partial charge in [0.1, 0.15) is 5.78 Å². The number of carbonyl (C=O) groups is 2. The zero-order valence-corrected chi connectivity index (χ0v) is 20.6. The third-order valence-corrected chi connectivity index (χ3v) is 16.0. The molecule has 0 saturated heterocycles. The largest absolute Gasteiger partial charge is 0.481 e. The number of carbonyl (C=O) groups excluding carboxylic acids is 1. The average molecular weight is 411 g/mol. The van der Waals surface area contributed by atoms with Gasteiger partial charge in [-0.05, 0) is 58.9 Å². The molecule has 0 heterocycles. The molecule has 142 valence electrons. The maximum atomic E-state index is 12.2. The summed E-state index contributed by atoms with van der Waals surface area (Å²) in [7, 11) is -8.90. The van der Waals surface area contributed by atoms with Crippen LogP contribution >= 0.6 is 0 Å². The van der Waals surface area contributed by atoms with E-state index in [0.717, 1.165) is 0 Å². The second kappa shape index (κ2) is 8.51. The summed E-state index contributed by atoms with van der Waals surface area (Å²) >= 11 is 0. The van der Waals surface area contributed by atoms with Crippen LogP contribution in [0, 0.1) is 0 Å². The fraction of sp³-hybridized carbons (Fsp3) is 0.857. The molecule has 24 heavy (non-hydrogen) atoms. The molecule has 0 spiro atoms. The van der Waals surface area contributed by atoms with Crippen molar-refractivity contribution in [3.63, 3.8) is 0 Å². The van der Waals surface area contributed by atoms with Gasteiger partial charge in [-0.2, -0.15) is 0 Å². The van der Waals surface area contributed by atoms with E-state index in [0.29, 0.717) is 0 Å². The van der Waals surface area contributed by atoms with Crippen LogP contribution in [0.15, 0.2) is 0 Å². The van der Waals surface area contributed by atoms with Crippen LogP contribution in [0.4, 0.5) is 0 Å². The summed E-state index contributed by atoms with van der Waals surface area (Å²) in [6.07, 6.45) is -0.129. The molecule has 1 unspecified atom stereocenters. The second-order valence-electron chi connectivity index (χ2n) is 8.67. The number of carboxylic acids is 1. The van der Waals surface area contributed by atoms with E-state index >= 15 is 0 Å². The molecule has 0 fully saturated rings. The molecule has 0 amide bonds. The van der Waals surface area contributed by atoms with Crippen molar-refractivity contribution in [3.05, 3.63) is 0 Å². The van der Waals surface area contributed by atoms with Crippen LogP contribution in [0.25, 0.3) is 0 Å². The first-order valence-corrected chi connectivity index (χ1v) is 20.4. The minimum atomic E-state index is -2.78. The van der Waals surface area contributed by atoms with Crippen LogP contribution in [0.2, 0.25) is 65.0 Å². The van der Waals surface area contributed by atoms with Crippen molar-refractivity contribution in [2.75, 3.05) is 0 Å². The van der Waals surface area contributed by atoms with Gasteiger partial charge >= 0.3 is 23.1 Å². The Kier molecular flexibility index (Phi) is 8.47. The topological polar surface area (TPSA) is 82.1 Å². The van der Waals surface area contributed by atoms with Crippen LogP contribution < -0.4 is 0 Å². The molecule has 10 heteroatoms. The lowest BCUT2D eigenvalue weighted by molar-refractivity contribution is -0.138. The highest BCUT2D eigenvalue weighted by atomic mass is 28.5. The summed E-state index contributed by atoms with van der Waals surface area (Å²) < 4.78 is 18.9. The molecule has 0 bridgehead atoms. The monoisotopic (exact) mass is 410 g/mol. The molecule has 1 N–H and O–H groups in total. The third kappa shape index (κ3) is 12.3. The predicted octanol–water partition coefficient (Wildman–Crippen LogP) is 3.91. The van der Waals surface area contributed by atoms with Gasteiger partial charge in [-0.15, -0.1) is 0 Å². The Hall–Kier alpha value is -0.112. The quantitative estimate of drug-likeness (QED) is 0.520. The van der Waals surface area contributed by atoms with E-state index in [2.05, 4.69) is 39.3 Å². The third-order valence-electron chi connectivity index (χ3n) is 2.67. The highest BCUT2D eigenvalue weighted by Crippen LogP contribution is 2.27. The van der Waals surface area contributed by atoms with Gasteiger partial charge in [0.2, 0.25) is 0 Å². The first-order chi connectivity index (χ1) is 10.4. The Morgan fingerprint density at radius 1 is 0.750 bits per heavy atom. The van der Waals surface area contributed by atoms with Crippen molar-refractivity contribution in [2.24, 2.45) is 0 Å². The van der Waals surface area contributed by atoms with Gasteiger partial charge in [0.05, 0.1) is 6.42 Å². The van der Waals surface area contributed by atoms with Gasteiger partial charge in [0.15, 0.2) is 16.6 Å². The maximum Gasteiger partial charge on any atom is 0.323 e. The molecular formula is C14H34O6Si4. The molecule has 0 aliphatic heterocycles. The fourth-order valence-electron chi connectivity index (χ4n) is 2.71. The van der Waals surface area contributed by atoms with E-state index in [4.69, 9.17) is 17.5 Å². The molecule has 0 aliphatic rings. The normalized spacial score (nSPS) is 15.9. The first-order valence-electron chi connectivity index (χ1n) is 8.27. The minimum Gasteiger partial charge on any atom is -0.481 e. The Morgan fingerprint density at radius 3 is 1.58 bits per heavy atom. The van der Waals surface area contributed by atoms with E-state index in [9.17, 15) is 9.59 Å². The summed E-state index contributed by atoms with van der Waals surface area (Å²) in [4.78, 5) is 22.9. The molecule has 0 saturated carbocycles. The minimum absolute atomic E-state index is 0.0210. The molecule has 0 aliphatic carbocycles. The van der Waals surface area contributed by atoms with Gasteiger partial charge in [0, 0.05) is 12.5 Å². The number of aliphatic carboxylic acids is 1. The highest BCUT2D eigenvalue weighted by molar-refractivity contribution is 6.90. The van der Waals surface area contributed by atoms with E-state index < -0.39 is 39.7 Å².